The minimum absolute atomic E-state index is 0.0491. The van der Waals surface area contributed by atoms with Crippen LogP contribution in [0.3, 0.4) is 0 Å². The lowest BCUT2D eigenvalue weighted by Gasteiger charge is -2.10. The van der Waals surface area contributed by atoms with Gasteiger partial charge in [0.2, 0.25) is 5.43 Å². The summed E-state index contributed by atoms with van der Waals surface area (Å²) in [7, 11) is 1.73. The van der Waals surface area contributed by atoms with Crippen molar-refractivity contribution in [1.29, 1.82) is 0 Å². The number of aromatic nitrogens is 1. The number of pyridine rings is 1. The molecule has 38 heavy (non-hydrogen) atoms. The van der Waals surface area contributed by atoms with Crippen molar-refractivity contribution in [3.63, 3.8) is 0 Å². The monoisotopic (exact) mass is 519 g/mol. The van der Waals surface area contributed by atoms with Crippen molar-refractivity contribution >= 4 is 11.9 Å². The molecule has 0 spiro atoms. The molecule has 3 N–H and O–H groups in total. The van der Waals surface area contributed by atoms with Gasteiger partial charge < -0.3 is 29.4 Å². The van der Waals surface area contributed by atoms with Crippen molar-refractivity contribution in [2.24, 2.45) is 7.05 Å². The summed E-state index contributed by atoms with van der Waals surface area (Å²) in [4.78, 5) is 24.2. The van der Waals surface area contributed by atoms with Gasteiger partial charge in [0.1, 0.15) is 17.2 Å². The topological polar surface area (TPSA) is 118 Å². The summed E-state index contributed by atoms with van der Waals surface area (Å²) in [6, 6.07) is 11.4. The molecule has 0 aliphatic rings. The van der Waals surface area contributed by atoms with Crippen LogP contribution in [-0.4, -0.2) is 38.9 Å². The average Bonchev–Trinajstić information content (AvgIpc) is 2.88. The largest absolute Gasteiger partial charge is 0.508 e. The fourth-order valence-electron chi connectivity index (χ4n) is 3.60. The second kappa shape index (κ2) is 13.3. The number of hydrogen-bond acceptors (Lipinski definition) is 7. The van der Waals surface area contributed by atoms with Crippen LogP contribution < -0.4 is 10.2 Å². The van der Waals surface area contributed by atoms with Crippen molar-refractivity contribution in [1.82, 2.24) is 4.57 Å². The second-order valence-electron chi connectivity index (χ2n) is 9.09. The standard InChI is InChI=1S/C30H33NO7/c1-20(2)5-11-24-27(33)14-12-25(30(24)36)26(32)13-8-21-6-9-23(10-7-21)38-16-4-15-37-19-22-17-28(34)29(35)18-31(22)3/h5-10,12-14,17-18,33,35-36H,4,11,15-16,19H2,1-3H3/b13-8+. The van der Waals surface area contributed by atoms with Gasteiger partial charge in [-0.2, -0.15) is 0 Å². The van der Waals surface area contributed by atoms with Gasteiger partial charge in [-0.3, -0.25) is 9.59 Å². The molecule has 2 aromatic carbocycles. The Morgan fingerprint density at radius 2 is 1.74 bits per heavy atom. The SMILES string of the molecule is CC(C)=CCc1c(O)ccc(C(=O)/C=C/c2ccc(OCCCOCc3cc(=O)c(O)cn3C)cc2)c1O. The summed E-state index contributed by atoms with van der Waals surface area (Å²) in [6.45, 7) is 4.98. The van der Waals surface area contributed by atoms with E-state index in [2.05, 4.69) is 0 Å². The van der Waals surface area contributed by atoms with E-state index >= 15 is 0 Å². The zero-order valence-electron chi connectivity index (χ0n) is 21.8. The zero-order valence-corrected chi connectivity index (χ0v) is 21.8. The van der Waals surface area contributed by atoms with E-state index in [1.165, 1.54) is 30.5 Å². The Kier molecular flexibility index (Phi) is 9.90. The highest BCUT2D eigenvalue weighted by molar-refractivity contribution is 6.09. The van der Waals surface area contributed by atoms with Crippen molar-refractivity contribution in [2.75, 3.05) is 13.2 Å². The molecule has 0 saturated carbocycles. The number of nitrogens with zero attached hydrogens (tertiary/aromatic N) is 1. The molecular formula is C30H33NO7. The average molecular weight is 520 g/mol. The molecule has 8 heteroatoms. The van der Waals surface area contributed by atoms with Gasteiger partial charge in [-0.15, -0.1) is 0 Å². The van der Waals surface area contributed by atoms with Crippen molar-refractivity contribution in [3.05, 3.63) is 99.0 Å². The van der Waals surface area contributed by atoms with Crippen LogP contribution in [0.25, 0.3) is 6.08 Å². The molecule has 0 unspecified atom stereocenters. The van der Waals surface area contributed by atoms with Gasteiger partial charge >= 0.3 is 0 Å². The third-order valence-electron chi connectivity index (χ3n) is 5.82. The lowest BCUT2D eigenvalue weighted by atomic mass is 10.0. The quantitative estimate of drug-likeness (QED) is 0.135. The van der Waals surface area contributed by atoms with Gasteiger partial charge in [-0.1, -0.05) is 29.9 Å². The van der Waals surface area contributed by atoms with Crippen molar-refractivity contribution in [3.8, 4) is 23.0 Å². The summed E-state index contributed by atoms with van der Waals surface area (Å²) >= 11 is 0. The zero-order chi connectivity index (χ0) is 27.7. The summed E-state index contributed by atoms with van der Waals surface area (Å²) in [5, 5.41) is 30.0. The van der Waals surface area contributed by atoms with E-state index in [9.17, 15) is 24.9 Å². The van der Waals surface area contributed by atoms with Gasteiger partial charge in [0.05, 0.1) is 25.4 Å². The molecule has 1 aromatic heterocycles. The first-order chi connectivity index (χ1) is 18.2. The predicted octanol–water partition coefficient (Wildman–Crippen LogP) is 4.89. The molecule has 8 nitrogen and oxygen atoms in total. The number of phenols is 2. The van der Waals surface area contributed by atoms with E-state index in [1.807, 2.05) is 32.1 Å². The number of phenolic OH excluding ortho intramolecular Hbond substituents is 2. The molecule has 1 heterocycles. The molecule has 0 fully saturated rings. The second-order valence-corrected chi connectivity index (χ2v) is 9.09. The molecule has 0 saturated heterocycles. The number of aromatic hydroxyl groups is 3. The Balaban J connectivity index is 1.47. The smallest absolute Gasteiger partial charge is 0.223 e. The molecule has 0 bridgehead atoms. The number of carbonyl (C=O) groups is 1. The third kappa shape index (κ3) is 7.85. The van der Waals surface area contributed by atoms with Crippen LogP contribution in [-0.2, 0) is 24.8 Å². The molecule has 0 atom stereocenters. The maximum absolute atomic E-state index is 12.7. The van der Waals surface area contributed by atoms with Crippen molar-refractivity contribution < 1.29 is 29.6 Å². The lowest BCUT2D eigenvalue weighted by molar-refractivity contribution is 0.103. The third-order valence-corrected chi connectivity index (χ3v) is 5.82. The Labute approximate surface area is 221 Å². The van der Waals surface area contributed by atoms with E-state index in [1.54, 1.807) is 29.8 Å². The molecule has 3 rings (SSSR count). The van der Waals surface area contributed by atoms with Crippen LogP contribution in [0.2, 0.25) is 0 Å². The first kappa shape index (κ1) is 28.3. The van der Waals surface area contributed by atoms with E-state index in [-0.39, 0.29) is 35.2 Å². The molecule has 0 aliphatic carbocycles. The molecule has 0 radical (unpaired) electrons. The van der Waals surface area contributed by atoms with Crippen LogP contribution in [0.1, 0.15) is 47.4 Å². The van der Waals surface area contributed by atoms with Crippen molar-refractivity contribution in [2.45, 2.75) is 33.3 Å². The minimum Gasteiger partial charge on any atom is -0.508 e. The van der Waals surface area contributed by atoms with Crippen LogP contribution >= 0.6 is 0 Å². The first-order valence-electron chi connectivity index (χ1n) is 12.2. The van der Waals surface area contributed by atoms with Gasteiger partial charge in [0, 0.05) is 37.0 Å². The summed E-state index contributed by atoms with van der Waals surface area (Å²) in [5.74, 6) is -0.245. The summed E-state index contributed by atoms with van der Waals surface area (Å²) in [6.07, 6.45) is 7.25. The van der Waals surface area contributed by atoms with E-state index < -0.39 is 5.43 Å². The summed E-state index contributed by atoms with van der Waals surface area (Å²) in [5.41, 5.74) is 2.52. The molecule has 200 valence electrons. The highest BCUT2D eigenvalue weighted by atomic mass is 16.5. The molecule has 0 amide bonds. The van der Waals surface area contributed by atoms with Gasteiger partial charge in [0.25, 0.3) is 0 Å². The number of aryl methyl sites for hydroxylation is 1. The highest BCUT2D eigenvalue weighted by Gasteiger charge is 2.15. The molecule has 3 aromatic rings. The number of ketones is 1. The number of ether oxygens (including phenoxy) is 2. The van der Waals surface area contributed by atoms with Crippen LogP contribution in [0, 0.1) is 0 Å². The fourth-order valence-corrected chi connectivity index (χ4v) is 3.60. The summed E-state index contributed by atoms with van der Waals surface area (Å²) < 4.78 is 13.0. The highest BCUT2D eigenvalue weighted by Crippen LogP contribution is 2.32. The Hall–Kier alpha value is -4.30. The number of carbonyl (C=O) groups excluding carboxylic acids is 1. The number of benzene rings is 2. The number of hydrogen-bond donors (Lipinski definition) is 3. The van der Waals surface area contributed by atoms with Gasteiger partial charge in [-0.25, -0.2) is 0 Å². The molecular weight excluding hydrogens is 486 g/mol. The van der Waals surface area contributed by atoms with Crippen LogP contribution in [0.5, 0.6) is 23.0 Å². The predicted molar refractivity (Wildman–Crippen MR) is 146 cm³/mol. The van der Waals surface area contributed by atoms with E-state index in [0.29, 0.717) is 43.1 Å². The first-order valence-corrected chi connectivity index (χ1v) is 12.2. The Bertz CT molecular complexity index is 1380. The normalized spacial score (nSPS) is 11.0. The fraction of sp³-hybridized carbons (Fsp3) is 0.267. The van der Waals surface area contributed by atoms with Gasteiger partial charge in [0.15, 0.2) is 11.5 Å². The van der Waals surface area contributed by atoms with Gasteiger partial charge in [-0.05, 0) is 56.2 Å². The lowest BCUT2D eigenvalue weighted by Crippen LogP contribution is -2.11. The molecule has 0 aliphatic heterocycles. The van der Waals surface area contributed by atoms with Crippen LogP contribution in [0.15, 0.2) is 71.2 Å². The minimum atomic E-state index is -0.435. The number of allylic oxidation sites excluding steroid dienone is 3. The van der Waals surface area contributed by atoms with Crippen LogP contribution in [0.4, 0.5) is 0 Å². The van der Waals surface area contributed by atoms with E-state index in [0.717, 1.165) is 11.1 Å². The number of rotatable bonds is 12. The maximum atomic E-state index is 12.7. The Morgan fingerprint density at radius 1 is 1.00 bits per heavy atom. The van der Waals surface area contributed by atoms with E-state index in [4.69, 9.17) is 9.47 Å². The Morgan fingerprint density at radius 3 is 2.45 bits per heavy atom. The maximum Gasteiger partial charge on any atom is 0.223 e.